The van der Waals surface area contributed by atoms with Crippen molar-refractivity contribution < 1.29 is 22.4 Å². The van der Waals surface area contributed by atoms with E-state index < -0.39 is 34.9 Å². The first-order chi connectivity index (χ1) is 8.91. The molecule has 4 nitrogen and oxygen atoms in total. The Hall–Kier alpha value is -2.38. The Kier molecular flexibility index (Phi) is 3.24. The predicted molar refractivity (Wildman–Crippen MR) is 57.6 cm³/mol. The van der Waals surface area contributed by atoms with Crippen molar-refractivity contribution in [3.8, 4) is 0 Å². The van der Waals surface area contributed by atoms with E-state index in [4.69, 9.17) is 0 Å². The van der Waals surface area contributed by atoms with E-state index in [-0.39, 0.29) is 11.6 Å². The Balaban J connectivity index is 2.40. The molecule has 2 aromatic rings. The van der Waals surface area contributed by atoms with Crippen LogP contribution in [0.2, 0.25) is 0 Å². The summed E-state index contributed by atoms with van der Waals surface area (Å²) in [7, 11) is 0. The molecule has 0 aliphatic heterocycles. The van der Waals surface area contributed by atoms with E-state index in [0.717, 1.165) is 6.20 Å². The third-order valence-corrected chi connectivity index (χ3v) is 2.42. The largest absolute Gasteiger partial charge is 0.317 e. The third kappa shape index (κ3) is 2.28. The number of nitrogens with one attached hydrogen (secondary N) is 2. The molecule has 2 rings (SSSR count). The van der Waals surface area contributed by atoms with Crippen LogP contribution in [0.3, 0.4) is 0 Å². The Bertz CT molecular complexity index is 627. The standard InChI is InChI=1S/C11H7F4N3O/c1-4-5(3-16-18-4)11(19)17-10-8(14)6(12)2-7(13)9(10)15/h2-3H,1H3,(H,16,18)(H,17,19). The van der Waals surface area contributed by atoms with Crippen LogP contribution < -0.4 is 5.32 Å². The minimum Gasteiger partial charge on any atom is -0.317 e. The number of nitrogens with zero attached hydrogens (tertiary/aromatic N) is 1. The molecule has 1 aromatic heterocycles. The Morgan fingerprint density at radius 2 is 1.79 bits per heavy atom. The van der Waals surface area contributed by atoms with Gasteiger partial charge in [0, 0.05) is 11.8 Å². The number of carbonyl (C=O) groups is 1. The van der Waals surface area contributed by atoms with E-state index >= 15 is 0 Å². The normalized spacial score (nSPS) is 10.6. The highest BCUT2D eigenvalue weighted by Crippen LogP contribution is 2.24. The first kappa shape index (κ1) is 13.1. The Morgan fingerprint density at radius 1 is 1.21 bits per heavy atom. The second kappa shape index (κ2) is 4.71. The second-order valence-electron chi connectivity index (χ2n) is 3.71. The average molecular weight is 273 g/mol. The lowest BCUT2D eigenvalue weighted by atomic mass is 10.2. The van der Waals surface area contributed by atoms with E-state index in [1.807, 2.05) is 0 Å². The summed E-state index contributed by atoms with van der Waals surface area (Å²) in [5, 5.41) is 7.76. The maximum Gasteiger partial charge on any atom is 0.259 e. The summed E-state index contributed by atoms with van der Waals surface area (Å²) >= 11 is 0. The topological polar surface area (TPSA) is 57.8 Å². The van der Waals surface area contributed by atoms with Gasteiger partial charge in [-0.25, -0.2) is 17.6 Å². The van der Waals surface area contributed by atoms with Crippen LogP contribution in [0, 0.1) is 30.2 Å². The third-order valence-electron chi connectivity index (χ3n) is 2.42. The van der Waals surface area contributed by atoms with Crippen LogP contribution in [0.1, 0.15) is 16.1 Å². The Labute approximate surface area is 104 Å². The lowest BCUT2D eigenvalue weighted by Crippen LogP contribution is -2.16. The molecule has 0 saturated carbocycles. The van der Waals surface area contributed by atoms with Crippen LogP contribution in [0.15, 0.2) is 12.3 Å². The van der Waals surface area contributed by atoms with E-state index in [9.17, 15) is 22.4 Å². The molecule has 0 bridgehead atoms. The van der Waals surface area contributed by atoms with Crippen LogP contribution in [-0.4, -0.2) is 16.1 Å². The monoisotopic (exact) mass is 273 g/mol. The molecule has 0 fully saturated rings. The average Bonchev–Trinajstić information content (AvgIpc) is 2.78. The van der Waals surface area contributed by atoms with Gasteiger partial charge in [-0.05, 0) is 6.92 Å². The molecule has 1 heterocycles. The van der Waals surface area contributed by atoms with Crippen molar-refractivity contribution in [2.45, 2.75) is 6.92 Å². The quantitative estimate of drug-likeness (QED) is 0.652. The molecule has 1 aromatic carbocycles. The van der Waals surface area contributed by atoms with Crippen molar-refractivity contribution in [1.82, 2.24) is 10.2 Å². The molecule has 8 heteroatoms. The summed E-state index contributed by atoms with van der Waals surface area (Å²) in [5.74, 6) is -7.48. The molecule has 100 valence electrons. The van der Waals surface area contributed by atoms with Gasteiger partial charge in [0.2, 0.25) is 0 Å². The van der Waals surface area contributed by atoms with Gasteiger partial charge in [0.15, 0.2) is 23.3 Å². The van der Waals surface area contributed by atoms with Gasteiger partial charge in [-0.3, -0.25) is 9.89 Å². The highest BCUT2D eigenvalue weighted by Gasteiger charge is 2.22. The molecule has 0 radical (unpaired) electrons. The van der Waals surface area contributed by atoms with Crippen molar-refractivity contribution in [2.75, 3.05) is 5.32 Å². The van der Waals surface area contributed by atoms with Gasteiger partial charge in [-0.15, -0.1) is 0 Å². The highest BCUT2D eigenvalue weighted by molar-refractivity contribution is 6.04. The number of hydrogen-bond acceptors (Lipinski definition) is 2. The summed E-state index contributed by atoms with van der Waals surface area (Å²) in [5.41, 5.74) is -0.832. The number of H-pyrrole nitrogens is 1. The smallest absolute Gasteiger partial charge is 0.259 e. The predicted octanol–water partition coefficient (Wildman–Crippen LogP) is 2.53. The fourth-order valence-corrected chi connectivity index (χ4v) is 1.44. The highest BCUT2D eigenvalue weighted by atomic mass is 19.2. The van der Waals surface area contributed by atoms with Gasteiger partial charge in [0.05, 0.1) is 11.8 Å². The number of amides is 1. The molecular formula is C11H7F4N3O. The fourth-order valence-electron chi connectivity index (χ4n) is 1.44. The minimum atomic E-state index is -1.67. The van der Waals surface area contributed by atoms with Crippen molar-refractivity contribution in [2.24, 2.45) is 0 Å². The first-order valence-corrected chi connectivity index (χ1v) is 5.06. The van der Waals surface area contributed by atoms with Crippen molar-refractivity contribution >= 4 is 11.6 Å². The van der Waals surface area contributed by atoms with Gasteiger partial charge < -0.3 is 5.32 Å². The lowest BCUT2D eigenvalue weighted by Gasteiger charge is -2.08. The van der Waals surface area contributed by atoms with Crippen LogP contribution in [-0.2, 0) is 0 Å². The van der Waals surface area contributed by atoms with Crippen LogP contribution in [0.5, 0.6) is 0 Å². The molecule has 0 unspecified atom stereocenters. The number of halogens is 4. The molecule has 19 heavy (non-hydrogen) atoms. The van der Waals surface area contributed by atoms with E-state index in [1.54, 1.807) is 5.32 Å². The number of hydrogen-bond donors (Lipinski definition) is 2. The number of benzene rings is 1. The van der Waals surface area contributed by atoms with Crippen molar-refractivity contribution in [3.05, 3.63) is 46.8 Å². The minimum absolute atomic E-state index is 0.00321. The fraction of sp³-hybridized carbons (Fsp3) is 0.0909. The second-order valence-corrected chi connectivity index (χ2v) is 3.71. The SMILES string of the molecule is Cc1[nH]ncc1C(=O)Nc1c(F)c(F)cc(F)c1F. The first-order valence-electron chi connectivity index (χ1n) is 5.06. The molecule has 0 atom stereocenters. The zero-order valence-electron chi connectivity index (χ0n) is 9.52. The van der Waals surface area contributed by atoms with Crippen LogP contribution in [0.4, 0.5) is 23.2 Å². The van der Waals surface area contributed by atoms with E-state index in [1.165, 1.54) is 6.92 Å². The molecule has 0 saturated heterocycles. The summed E-state index contributed by atoms with van der Waals surface area (Å²) in [6.45, 7) is 1.50. The molecular weight excluding hydrogens is 266 g/mol. The number of rotatable bonds is 2. The number of aromatic nitrogens is 2. The van der Waals surface area contributed by atoms with Gasteiger partial charge >= 0.3 is 0 Å². The lowest BCUT2D eigenvalue weighted by molar-refractivity contribution is 0.102. The summed E-state index contributed by atoms with van der Waals surface area (Å²) in [6, 6.07) is 0.0590. The number of aryl methyl sites for hydroxylation is 1. The molecule has 0 spiro atoms. The number of aromatic amines is 1. The molecule has 2 N–H and O–H groups in total. The maximum atomic E-state index is 13.3. The molecule has 0 aliphatic carbocycles. The molecule has 1 amide bonds. The van der Waals surface area contributed by atoms with Crippen molar-refractivity contribution in [3.63, 3.8) is 0 Å². The van der Waals surface area contributed by atoms with Gasteiger partial charge in [0.1, 0.15) is 5.69 Å². The zero-order chi connectivity index (χ0) is 14.2. The number of anilines is 1. The maximum absolute atomic E-state index is 13.3. The van der Waals surface area contributed by atoms with Crippen LogP contribution in [0.25, 0.3) is 0 Å². The summed E-state index contributed by atoms with van der Waals surface area (Å²) < 4.78 is 52.5. The Morgan fingerprint density at radius 3 is 2.26 bits per heavy atom. The zero-order valence-corrected chi connectivity index (χ0v) is 9.52. The van der Waals surface area contributed by atoms with Gasteiger partial charge in [-0.1, -0.05) is 0 Å². The summed E-state index contributed by atoms with van der Waals surface area (Å²) in [4.78, 5) is 11.7. The van der Waals surface area contributed by atoms with Gasteiger partial charge in [-0.2, -0.15) is 5.10 Å². The van der Waals surface area contributed by atoms with Gasteiger partial charge in [0.25, 0.3) is 5.91 Å². The van der Waals surface area contributed by atoms with E-state index in [0.29, 0.717) is 5.69 Å². The van der Waals surface area contributed by atoms with Crippen LogP contribution >= 0.6 is 0 Å². The van der Waals surface area contributed by atoms with Crippen molar-refractivity contribution in [1.29, 1.82) is 0 Å². The summed E-state index contributed by atoms with van der Waals surface area (Å²) in [6.07, 6.45) is 1.12. The number of carbonyl (C=O) groups excluding carboxylic acids is 1. The van der Waals surface area contributed by atoms with E-state index in [2.05, 4.69) is 10.2 Å². The molecule has 0 aliphatic rings.